The van der Waals surface area contributed by atoms with Crippen LogP contribution in [0.4, 0.5) is 11.4 Å². The van der Waals surface area contributed by atoms with Gasteiger partial charge in [0.05, 0.1) is 17.1 Å². The molecule has 0 spiro atoms. The number of allylic oxidation sites excluding steroid dienone is 4. The van der Waals surface area contributed by atoms with Gasteiger partial charge in [-0.1, -0.05) is 41.9 Å². The van der Waals surface area contributed by atoms with E-state index in [1.54, 1.807) is 6.07 Å². The molecule has 0 atom stereocenters. The van der Waals surface area contributed by atoms with Crippen molar-refractivity contribution in [3.05, 3.63) is 106 Å². The van der Waals surface area contributed by atoms with Gasteiger partial charge in [-0.3, -0.25) is 9.78 Å². The lowest BCUT2D eigenvalue weighted by Gasteiger charge is -2.37. The Morgan fingerprint density at radius 2 is 1.74 bits per heavy atom. The van der Waals surface area contributed by atoms with Crippen molar-refractivity contribution < 1.29 is 9.53 Å². The van der Waals surface area contributed by atoms with Crippen LogP contribution in [0.2, 0.25) is 0 Å². The third-order valence-electron chi connectivity index (χ3n) is 6.52. The molecular formula is C29H30ClN3O2. The summed E-state index contributed by atoms with van der Waals surface area (Å²) in [6.07, 6.45) is 7.31. The minimum Gasteiger partial charge on any atom is -0.397 e. The molecule has 1 aromatic heterocycles. The van der Waals surface area contributed by atoms with Gasteiger partial charge >= 0.3 is 0 Å². The maximum atomic E-state index is 13.1. The molecule has 1 amide bonds. The quantitative estimate of drug-likeness (QED) is 0.305. The van der Waals surface area contributed by atoms with Crippen molar-refractivity contribution in [3.8, 4) is 0 Å². The number of carbonyl (C=O) groups is 1. The Bertz CT molecular complexity index is 1240. The molecule has 180 valence electrons. The highest BCUT2D eigenvalue weighted by Crippen LogP contribution is 2.40. The number of ether oxygens (including phenoxy) is 1. The van der Waals surface area contributed by atoms with Gasteiger partial charge in [-0.15, -0.1) is 0 Å². The number of rotatable bonds is 6. The molecule has 0 unspecified atom stereocenters. The van der Waals surface area contributed by atoms with E-state index in [2.05, 4.69) is 16.4 Å². The highest BCUT2D eigenvalue weighted by Gasteiger charge is 2.37. The number of nitrogen functional groups attached to an aromatic ring is 1. The summed E-state index contributed by atoms with van der Waals surface area (Å²) in [7, 11) is 0. The molecule has 1 aliphatic rings. The van der Waals surface area contributed by atoms with Crippen LogP contribution < -0.4 is 11.1 Å². The highest BCUT2D eigenvalue weighted by atomic mass is 35.5. The molecule has 0 saturated carbocycles. The van der Waals surface area contributed by atoms with E-state index in [9.17, 15) is 4.79 Å². The molecule has 3 N–H and O–H groups in total. The van der Waals surface area contributed by atoms with Crippen LogP contribution >= 0.6 is 11.6 Å². The Kier molecular flexibility index (Phi) is 7.69. The molecule has 3 aromatic rings. The second-order valence-corrected chi connectivity index (χ2v) is 9.44. The minimum absolute atomic E-state index is 0.211. The summed E-state index contributed by atoms with van der Waals surface area (Å²) in [6.45, 7) is 5.18. The van der Waals surface area contributed by atoms with E-state index in [-0.39, 0.29) is 11.3 Å². The Labute approximate surface area is 211 Å². The molecule has 0 aliphatic carbocycles. The number of carbonyl (C=O) groups excluding carboxylic acids is 1. The van der Waals surface area contributed by atoms with E-state index in [4.69, 9.17) is 22.1 Å². The fraction of sp³-hybridized carbons (Fsp3) is 0.241. The smallest absolute Gasteiger partial charge is 0.255 e. The van der Waals surface area contributed by atoms with Crippen LogP contribution in [-0.2, 0) is 10.2 Å². The number of nitrogens with two attached hydrogens (primary N) is 1. The van der Waals surface area contributed by atoms with Crippen molar-refractivity contribution in [2.45, 2.75) is 32.1 Å². The Balaban J connectivity index is 1.56. The standard InChI is InChI=1S/C29H30ClN3O2/c1-20(6-7-21(2)30)23-10-13-25(31)26(19-23)33-28(34)22-8-11-24(12-9-22)29(14-17-35-18-15-29)27-5-3-4-16-32-27/h3-13,16,19H,14-15,17-18,31H2,1-2H3,(H,33,34)/b20-6+,21-7+. The number of nitrogens with one attached hydrogen (secondary N) is 1. The number of benzene rings is 2. The number of amides is 1. The first-order valence-corrected chi connectivity index (χ1v) is 12.1. The van der Waals surface area contributed by atoms with Crippen LogP contribution in [-0.4, -0.2) is 24.1 Å². The summed E-state index contributed by atoms with van der Waals surface area (Å²) < 4.78 is 5.64. The average Bonchev–Trinajstić information content (AvgIpc) is 2.89. The van der Waals surface area contributed by atoms with Gasteiger partial charge in [0.25, 0.3) is 5.91 Å². The fourth-order valence-corrected chi connectivity index (χ4v) is 4.50. The zero-order valence-electron chi connectivity index (χ0n) is 20.1. The largest absolute Gasteiger partial charge is 0.397 e. The first-order chi connectivity index (χ1) is 16.9. The summed E-state index contributed by atoms with van der Waals surface area (Å²) in [5.41, 5.74) is 11.7. The Morgan fingerprint density at radius 1 is 1.03 bits per heavy atom. The third kappa shape index (κ3) is 5.64. The number of pyridine rings is 1. The van der Waals surface area contributed by atoms with Gasteiger partial charge in [-0.05, 0) is 85.9 Å². The summed E-state index contributed by atoms with van der Waals surface area (Å²) in [6, 6.07) is 19.4. The number of halogens is 1. The molecule has 6 heteroatoms. The number of aromatic nitrogens is 1. The first kappa shape index (κ1) is 24.7. The van der Waals surface area contributed by atoms with Crippen molar-refractivity contribution >= 4 is 34.5 Å². The van der Waals surface area contributed by atoms with Gasteiger partial charge < -0.3 is 15.8 Å². The van der Waals surface area contributed by atoms with Crippen molar-refractivity contribution in [2.24, 2.45) is 0 Å². The molecule has 5 nitrogen and oxygen atoms in total. The van der Waals surface area contributed by atoms with Crippen molar-refractivity contribution in [1.29, 1.82) is 0 Å². The van der Waals surface area contributed by atoms with Gasteiger partial charge in [-0.25, -0.2) is 0 Å². The zero-order chi connectivity index (χ0) is 24.8. The molecule has 0 bridgehead atoms. The predicted molar refractivity (Wildman–Crippen MR) is 144 cm³/mol. The summed E-state index contributed by atoms with van der Waals surface area (Å²) >= 11 is 5.94. The van der Waals surface area contributed by atoms with E-state index in [1.165, 1.54) is 0 Å². The summed E-state index contributed by atoms with van der Waals surface area (Å²) in [4.78, 5) is 17.7. The number of anilines is 2. The monoisotopic (exact) mass is 487 g/mol. The topological polar surface area (TPSA) is 77.2 Å². The Hall–Kier alpha value is -3.41. The molecular weight excluding hydrogens is 458 g/mol. The lowest BCUT2D eigenvalue weighted by molar-refractivity contribution is 0.0618. The van der Waals surface area contributed by atoms with Crippen molar-refractivity contribution in [3.63, 3.8) is 0 Å². The number of nitrogens with zero attached hydrogens (tertiary/aromatic N) is 1. The zero-order valence-corrected chi connectivity index (χ0v) is 20.8. The van der Waals surface area contributed by atoms with Gasteiger partial charge in [-0.2, -0.15) is 0 Å². The third-order valence-corrected chi connectivity index (χ3v) is 6.65. The van der Waals surface area contributed by atoms with Crippen molar-refractivity contribution in [2.75, 3.05) is 24.3 Å². The lowest BCUT2D eigenvalue weighted by Crippen LogP contribution is -2.35. The first-order valence-electron chi connectivity index (χ1n) is 11.7. The molecule has 1 saturated heterocycles. The van der Waals surface area contributed by atoms with Gasteiger partial charge in [0.1, 0.15) is 0 Å². The van der Waals surface area contributed by atoms with Gasteiger partial charge in [0.15, 0.2) is 0 Å². The lowest BCUT2D eigenvalue weighted by atomic mass is 9.71. The SMILES string of the molecule is C/C(Cl)=C\C=C(/C)c1ccc(N)c(NC(=O)c2ccc(C3(c4ccccn4)CCOCC3)cc2)c1. The van der Waals surface area contributed by atoms with Crippen LogP contribution in [0.5, 0.6) is 0 Å². The average molecular weight is 488 g/mol. The molecule has 4 rings (SSSR count). The van der Waals surface area contributed by atoms with Crippen LogP contribution in [0.3, 0.4) is 0 Å². The van der Waals surface area contributed by atoms with E-state index in [1.807, 2.05) is 80.7 Å². The van der Waals surface area contributed by atoms with Crippen LogP contribution in [0.15, 0.2) is 84.0 Å². The van der Waals surface area contributed by atoms with Crippen LogP contribution in [0.1, 0.15) is 53.9 Å². The van der Waals surface area contributed by atoms with E-state index in [0.717, 1.165) is 35.2 Å². The summed E-state index contributed by atoms with van der Waals surface area (Å²) in [5.74, 6) is -0.211. The minimum atomic E-state index is -0.215. The molecule has 1 aliphatic heterocycles. The van der Waals surface area contributed by atoms with E-state index in [0.29, 0.717) is 35.2 Å². The second kappa shape index (κ2) is 10.9. The normalized spacial score (nSPS) is 16.1. The fourth-order valence-electron chi connectivity index (χ4n) is 4.44. The van der Waals surface area contributed by atoms with Crippen molar-refractivity contribution in [1.82, 2.24) is 4.98 Å². The molecule has 0 radical (unpaired) electrons. The number of hydrogen-bond acceptors (Lipinski definition) is 4. The van der Waals surface area contributed by atoms with Gasteiger partial charge in [0, 0.05) is 35.4 Å². The molecule has 35 heavy (non-hydrogen) atoms. The maximum absolute atomic E-state index is 13.1. The van der Waals surface area contributed by atoms with E-state index < -0.39 is 0 Å². The highest BCUT2D eigenvalue weighted by molar-refractivity contribution is 6.29. The Morgan fingerprint density at radius 3 is 2.40 bits per heavy atom. The predicted octanol–water partition coefficient (Wildman–Crippen LogP) is 6.56. The number of hydrogen-bond donors (Lipinski definition) is 2. The van der Waals surface area contributed by atoms with Crippen LogP contribution in [0, 0.1) is 0 Å². The van der Waals surface area contributed by atoms with Crippen LogP contribution in [0.25, 0.3) is 5.57 Å². The molecule has 1 fully saturated rings. The maximum Gasteiger partial charge on any atom is 0.255 e. The van der Waals surface area contributed by atoms with E-state index >= 15 is 0 Å². The second-order valence-electron chi connectivity index (χ2n) is 8.85. The van der Waals surface area contributed by atoms with Gasteiger partial charge in [0.2, 0.25) is 0 Å². The molecule has 2 aromatic carbocycles. The summed E-state index contributed by atoms with van der Waals surface area (Å²) in [5, 5.41) is 3.66. The molecule has 2 heterocycles.